The molecule has 0 aromatic heterocycles. The fourth-order valence-corrected chi connectivity index (χ4v) is 1.65. The zero-order valence-electron chi connectivity index (χ0n) is 8.35. The van der Waals surface area contributed by atoms with Crippen LogP contribution in [0.25, 0.3) is 0 Å². The van der Waals surface area contributed by atoms with Gasteiger partial charge < -0.3 is 14.9 Å². The van der Waals surface area contributed by atoms with Crippen LogP contribution in [-0.2, 0) is 9.53 Å². The summed E-state index contributed by atoms with van der Waals surface area (Å²) in [6.45, 7) is 4.08. The van der Waals surface area contributed by atoms with Crippen LogP contribution in [0.3, 0.4) is 0 Å². The van der Waals surface area contributed by atoms with E-state index in [9.17, 15) is 9.90 Å². The van der Waals surface area contributed by atoms with Gasteiger partial charge in [0.15, 0.2) is 0 Å². The minimum atomic E-state index is -0.806. The summed E-state index contributed by atoms with van der Waals surface area (Å²) in [6, 6.07) is 0. The van der Waals surface area contributed by atoms with Crippen molar-refractivity contribution >= 4 is 5.97 Å². The number of likely N-dealkylation sites (tertiary alicyclic amines) is 1. The van der Waals surface area contributed by atoms with Crippen LogP contribution in [0.4, 0.5) is 0 Å². The third-order valence-corrected chi connectivity index (χ3v) is 2.34. The number of carbonyl (C=O) groups is 1. The Bertz CT molecular complexity index is 197. The predicted octanol–water partition coefficient (Wildman–Crippen LogP) is -0.457. The van der Waals surface area contributed by atoms with E-state index in [1.807, 2.05) is 11.8 Å². The number of carboxylic acids is 1. The van der Waals surface area contributed by atoms with Gasteiger partial charge >= 0.3 is 5.97 Å². The number of hydrogen-bond donors (Lipinski definition) is 2. The van der Waals surface area contributed by atoms with Crippen molar-refractivity contribution < 1.29 is 19.7 Å². The molecule has 0 amide bonds. The molecule has 0 unspecified atom stereocenters. The zero-order chi connectivity index (χ0) is 10.6. The van der Waals surface area contributed by atoms with E-state index in [4.69, 9.17) is 9.84 Å². The first-order valence-electron chi connectivity index (χ1n) is 4.87. The number of β-amino-alcohol motifs (C(OH)–C–C–N with tert-alkyl or cyclic N) is 1. The molecule has 1 saturated heterocycles. The highest BCUT2D eigenvalue weighted by molar-refractivity contribution is 5.66. The third kappa shape index (κ3) is 3.25. The van der Waals surface area contributed by atoms with Crippen LogP contribution in [0.15, 0.2) is 0 Å². The van der Waals surface area contributed by atoms with Crippen LogP contribution >= 0.6 is 0 Å². The average Bonchev–Trinajstić information content (AvgIpc) is 2.45. The molecule has 0 radical (unpaired) electrons. The largest absolute Gasteiger partial charge is 0.481 e. The number of aliphatic hydroxyl groups excluding tert-OH is 1. The van der Waals surface area contributed by atoms with E-state index in [0.29, 0.717) is 26.2 Å². The van der Waals surface area contributed by atoms with Crippen LogP contribution in [0.1, 0.15) is 13.3 Å². The first-order valence-corrected chi connectivity index (χ1v) is 4.87. The van der Waals surface area contributed by atoms with Crippen molar-refractivity contribution in [1.82, 2.24) is 4.90 Å². The zero-order valence-corrected chi connectivity index (χ0v) is 8.35. The number of nitrogens with zero attached hydrogens (tertiary/aromatic N) is 1. The fraction of sp³-hybridized carbons (Fsp3) is 0.889. The molecule has 14 heavy (non-hydrogen) atoms. The Morgan fingerprint density at radius 2 is 2.29 bits per heavy atom. The van der Waals surface area contributed by atoms with Crippen molar-refractivity contribution in [2.24, 2.45) is 0 Å². The summed E-state index contributed by atoms with van der Waals surface area (Å²) in [6.07, 6.45) is -0.525. The molecule has 0 saturated carbocycles. The first-order chi connectivity index (χ1) is 6.63. The monoisotopic (exact) mass is 203 g/mol. The summed E-state index contributed by atoms with van der Waals surface area (Å²) in [5.74, 6) is -0.806. The van der Waals surface area contributed by atoms with E-state index in [1.54, 1.807) is 0 Å². The van der Waals surface area contributed by atoms with Crippen molar-refractivity contribution in [2.75, 3.05) is 26.2 Å². The van der Waals surface area contributed by atoms with E-state index in [0.717, 1.165) is 0 Å². The van der Waals surface area contributed by atoms with Gasteiger partial charge in [0.1, 0.15) is 0 Å². The quantitative estimate of drug-likeness (QED) is 0.633. The fourth-order valence-electron chi connectivity index (χ4n) is 1.65. The number of aliphatic hydroxyl groups is 1. The summed E-state index contributed by atoms with van der Waals surface area (Å²) in [5.41, 5.74) is 0. The molecular formula is C9H17NO4. The number of aliphatic carboxylic acids is 1. The minimum Gasteiger partial charge on any atom is -0.481 e. The van der Waals surface area contributed by atoms with Gasteiger partial charge in [-0.2, -0.15) is 0 Å². The third-order valence-electron chi connectivity index (χ3n) is 2.34. The Kier molecular flexibility index (Phi) is 4.31. The molecule has 0 spiro atoms. The van der Waals surface area contributed by atoms with Crippen LogP contribution in [0.2, 0.25) is 0 Å². The number of rotatable bonds is 5. The van der Waals surface area contributed by atoms with Gasteiger partial charge in [0.05, 0.1) is 18.6 Å². The van der Waals surface area contributed by atoms with Crippen molar-refractivity contribution in [3.05, 3.63) is 0 Å². The molecule has 5 nitrogen and oxygen atoms in total. The summed E-state index contributed by atoms with van der Waals surface area (Å²) in [4.78, 5) is 12.2. The van der Waals surface area contributed by atoms with E-state index in [-0.39, 0.29) is 12.5 Å². The maximum atomic E-state index is 10.3. The topological polar surface area (TPSA) is 70.0 Å². The van der Waals surface area contributed by atoms with Crippen molar-refractivity contribution in [1.29, 1.82) is 0 Å². The molecular weight excluding hydrogens is 186 g/mol. The molecule has 1 rings (SSSR count). The van der Waals surface area contributed by atoms with Crippen molar-refractivity contribution in [3.63, 3.8) is 0 Å². The molecule has 1 heterocycles. The van der Waals surface area contributed by atoms with Gasteiger partial charge in [-0.05, 0) is 6.92 Å². The molecule has 1 aliphatic heterocycles. The Labute approximate surface area is 83.3 Å². The van der Waals surface area contributed by atoms with Crippen LogP contribution in [-0.4, -0.2) is 59.5 Å². The lowest BCUT2D eigenvalue weighted by Crippen LogP contribution is -2.27. The molecule has 2 atom stereocenters. The number of hydrogen-bond acceptors (Lipinski definition) is 4. The standard InChI is InChI=1S/C9H17NO4/c1-2-14-8-6-10(5-7(8)11)4-3-9(12)13/h7-8,11H,2-6H2,1H3,(H,12,13)/t7-,8-/m0/s1. The van der Waals surface area contributed by atoms with Gasteiger partial charge in [-0.1, -0.05) is 0 Å². The van der Waals surface area contributed by atoms with Gasteiger partial charge in [-0.25, -0.2) is 0 Å². The molecule has 82 valence electrons. The van der Waals surface area contributed by atoms with E-state index in [1.165, 1.54) is 0 Å². The summed E-state index contributed by atoms with van der Waals surface area (Å²) < 4.78 is 5.31. The van der Waals surface area contributed by atoms with Gasteiger partial charge in [0.25, 0.3) is 0 Å². The SMILES string of the molecule is CCO[C@H]1CN(CCC(=O)O)C[C@@H]1O. The smallest absolute Gasteiger partial charge is 0.304 e. The van der Waals surface area contributed by atoms with Gasteiger partial charge in [0.2, 0.25) is 0 Å². The maximum Gasteiger partial charge on any atom is 0.304 e. The molecule has 0 aromatic rings. The predicted molar refractivity (Wildman–Crippen MR) is 50.1 cm³/mol. The molecule has 2 N–H and O–H groups in total. The molecule has 0 aliphatic carbocycles. The lowest BCUT2D eigenvalue weighted by atomic mass is 10.3. The second-order valence-corrected chi connectivity index (χ2v) is 3.46. The van der Waals surface area contributed by atoms with Gasteiger partial charge in [-0.3, -0.25) is 9.69 Å². The maximum absolute atomic E-state index is 10.3. The number of carboxylic acid groups (broad SMARTS) is 1. The Balaban J connectivity index is 2.27. The summed E-state index contributed by atoms with van der Waals surface area (Å²) in [7, 11) is 0. The lowest BCUT2D eigenvalue weighted by Gasteiger charge is -2.13. The average molecular weight is 203 g/mol. The van der Waals surface area contributed by atoms with E-state index in [2.05, 4.69) is 0 Å². The minimum absolute atomic E-state index is 0.117. The van der Waals surface area contributed by atoms with Crippen LogP contribution < -0.4 is 0 Å². The Morgan fingerprint density at radius 3 is 2.86 bits per heavy atom. The Hall–Kier alpha value is -0.650. The van der Waals surface area contributed by atoms with Gasteiger partial charge in [-0.15, -0.1) is 0 Å². The second kappa shape index (κ2) is 5.29. The lowest BCUT2D eigenvalue weighted by molar-refractivity contribution is -0.137. The molecule has 1 fully saturated rings. The first kappa shape index (κ1) is 11.4. The van der Waals surface area contributed by atoms with Crippen molar-refractivity contribution in [3.8, 4) is 0 Å². The number of ether oxygens (including phenoxy) is 1. The van der Waals surface area contributed by atoms with E-state index >= 15 is 0 Å². The Morgan fingerprint density at radius 1 is 1.57 bits per heavy atom. The van der Waals surface area contributed by atoms with E-state index < -0.39 is 12.1 Å². The second-order valence-electron chi connectivity index (χ2n) is 3.46. The molecule has 0 aromatic carbocycles. The highest BCUT2D eigenvalue weighted by Crippen LogP contribution is 2.13. The van der Waals surface area contributed by atoms with Gasteiger partial charge in [0, 0.05) is 26.2 Å². The summed E-state index contributed by atoms with van der Waals surface area (Å²) in [5, 5.41) is 18.0. The van der Waals surface area contributed by atoms with Crippen molar-refractivity contribution in [2.45, 2.75) is 25.6 Å². The molecule has 0 bridgehead atoms. The molecule has 5 heteroatoms. The van der Waals surface area contributed by atoms with Crippen LogP contribution in [0, 0.1) is 0 Å². The van der Waals surface area contributed by atoms with Crippen LogP contribution in [0.5, 0.6) is 0 Å². The highest BCUT2D eigenvalue weighted by Gasteiger charge is 2.31. The normalized spacial score (nSPS) is 28.1. The summed E-state index contributed by atoms with van der Waals surface area (Å²) >= 11 is 0. The molecule has 1 aliphatic rings. The highest BCUT2D eigenvalue weighted by atomic mass is 16.5.